The van der Waals surface area contributed by atoms with Gasteiger partial charge in [0.2, 0.25) is 0 Å². The quantitative estimate of drug-likeness (QED) is 0.484. The molecule has 1 saturated heterocycles. The molecule has 0 aliphatic carbocycles. The van der Waals surface area contributed by atoms with Gasteiger partial charge in [0.1, 0.15) is 0 Å². The molecular formula is C9H9F2N. The maximum Gasteiger partial charge on any atom is 0.318 e. The van der Waals surface area contributed by atoms with Crippen molar-refractivity contribution in [1.82, 2.24) is 4.90 Å². The molecule has 1 aromatic carbocycles. The van der Waals surface area contributed by atoms with Gasteiger partial charge in [0.05, 0.1) is 6.54 Å². The van der Waals surface area contributed by atoms with Crippen LogP contribution in [0.15, 0.2) is 30.3 Å². The van der Waals surface area contributed by atoms with E-state index in [1.54, 1.807) is 0 Å². The summed E-state index contributed by atoms with van der Waals surface area (Å²) in [6, 6.07) is 6.76. The van der Waals surface area contributed by atoms with E-state index in [2.05, 4.69) is 0 Å². The van der Waals surface area contributed by atoms with Crippen LogP contribution in [0, 0.1) is 0 Å². The van der Waals surface area contributed by atoms with Crippen molar-refractivity contribution in [2.45, 2.75) is 12.6 Å². The van der Waals surface area contributed by atoms with Gasteiger partial charge in [-0.05, 0) is 5.56 Å². The smallest absolute Gasteiger partial charge is 0.232 e. The van der Waals surface area contributed by atoms with Crippen LogP contribution in [0.2, 0.25) is 0 Å². The van der Waals surface area contributed by atoms with Crippen LogP contribution in [0.3, 0.4) is 0 Å². The fourth-order valence-corrected chi connectivity index (χ4v) is 1.17. The van der Waals surface area contributed by atoms with Crippen LogP contribution in [-0.2, 0) is 6.54 Å². The van der Waals surface area contributed by atoms with E-state index in [-0.39, 0.29) is 6.54 Å². The zero-order valence-electron chi connectivity index (χ0n) is 6.50. The van der Waals surface area contributed by atoms with E-state index in [0.29, 0.717) is 6.54 Å². The normalized spacial score (nSPS) is 25.3. The Bertz CT molecular complexity index is 271. The maximum absolute atomic E-state index is 12.4. The molecule has 0 amide bonds. The van der Waals surface area contributed by atoms with Crippen LogP contribution in [-0.4, -0.2) is 17.5 Å². The minimum atomic E-state index is -2.55. The SMILES string of the molecule is FC1(F)CN1Cc1ccccc1. The summed E-state index contributed by atoms with van der Waals surface area (Å²) in [5.74, 6) is 0. The van der Waals surface area contributed by atoms with E-state index < -0.39 is 6.05 Å². The van der Waals surface area contributed by atoms with E-state index in [1.165, 1.54) is 0 Å². The predicted octanol–water partition coefficient (Wildman–Crippen LogP) is 2.09. The molecule has 1 heterocycles. The molecule has 0 radical (unpaired) electrons. The molecule has 2 rings (SSSR count). The second kappa shape index (κ2) is 2.52. The zero-order chi connectivity index (χ0) is 8.60. The average molecular weight is 169 g/mol. The number of alkyl halides is 2. The van der Waals surface area contributed by atoms with E-state index >= 15 is 0 Å². The Hall–Kier alpha value is -0.960. The Morgan fingerprint density at radius 1 is 1.25 bits per heavy atom. The summed E-state index contributed by atoms with van der Waals surface area (Å²) < 4.78 is 24.8. The Kier molecular flexibility index (Phi) is 1.61. The molecule has 1 fully saturated rings. The molecule has 64 valence electrons. The fraction of sp³-hybridized carbons (Fsp3) is 0.333. The fourth-order valence-electron chi connectivity index (χ4n) is 1.17. The van der Waals surface area contributed by atoms with Gasteiger partial charge in [-0.15, -0.1) is 0 Å². The van der Waals surface area contributed by atoms with Crippen molar-refractivity contribution in [2.75, 3.05) is 6.54 Å². The van der Waals surface area contributed by atoms with Crippen LogP contribution in [0.25, 0.3) is 0 Å². The second-order valence-corrected chi connectivity index (χ2v) is 3.01. The van der Waals surface area contributed by atoms with Gasteiger partial charge in [-0.3, -0.25) is 0 Å². The molecular weight excluding hydrogens is 160 g/mol. The van der Waals surface area contributed by atoms with Crippen LogP contribution in [0.1, 0.15) is 5.56 Å². The van der Waals surface area contributed by atoms with Crippen molar-refractivity contribution in [2.24, 2.45) is 0 Å². The number of hydrogen-bond acceptors (Lipinski definition) is 1. The standard InChI is InChI=1S/C9H9F2N/c10-9(11)7-12(9)6-8-4-2-1-3-5-8/h1-5H,6-7H2. The molecule has 3 heteroatoms. The molecule has 0 N–H and O–H groups in total. The summed E-state index contributed by atoms with van der Waals surface area (Å²) in [5, 5.41) is 0. The average Bonchev–Trinajstić information content (AvgIpc) is 2.61. The van der Waals surface area contributed by atoms with Gasteiger partial charge in [-0.1, -0.05) is 30.3 Å². The number of rotatable bonds is 2. The minimum Gasteiger partial charge on any atom is -0.232 e. The molecule has 0 spiro atoms. The highest BCUT2D eigenvalue weighted by molar-refractivity contribution is 5.15. The Balaban J connectivity index is 1.98. The van der Waals surface area contributed by atoms with E-state index in [9.17, 15) is 8.78 Å². The van der Waals surface area contributed by atoms with Crippen LogP contribution < -0.4 is 0 Å². The molecule has 1 aliphatic heterocycles. The van der Waals surface area contributed by atoms with E-state index in [0.717, 1.165) is 10.5 Å². The highest BCUT2D eigenvalue weighted by Gasteiger charge is 2.53. The molecule has 0 saturated carbocycles. The van der Waals surface area contributed by atoms with Crippen LogP contribution in [0.5, 0.6) is 0 Å². The summed E-state index contributed by atoms with van der Waals surface area (Å²) in [6.45, 7) is 0.260. The number of hydrogen-bond donors (Lipinski definition) is 0. The zero-order valence-corrected chi connectivity index (χ0v) is 6.50. The summed E-state index contributed by atoms with van der Waals surface area (Å²) in [6.07, 6.45) is 0. The van der Waals surface area contributed by atoms with Gasteiger partial charge in [-0.2, -0.15) is 8.78 Å². The molecule has 1 aliphatic rings. The Labute approximate surface area is 69.6 Å². The summed E-state index contributed by atoms with van der Waals surface area (Å²) in [5.41, 5.74) is 0.940. The van der Waals surface area contributed by atoms with Gasteiger partial charge in [0.25, 0.3) is 0 Å². The molecule has 1 unspecified atom stereocenters. The van der Waals surface area contributed by atoms with E-state index in [4.69, 9.17) is 0 Å². The molecule has 1 nitrogen and oxygen atoms in total. The van der Waals surface area contributed by atoms with Crippen molar-refractivity contribution < 1.29 is 8.78 Å². The first-order valence-electron chi connectivity index (χ1n) is 3.85. The minimum absolute atomic E-state index is 0.0953. The summed E-state index contributed by atoms with van der Waals surface area (Å²) >= 11 is 0. The third kappa shape index (κ3) is 1.46. The lowest BCUT2D eigenvalue weighted by Gasteiger charge is -2.01. The second-order valence-electron chi connectivity index (χ2n) is 3.01. The van der Waals surface area contributed by atoms with Gasteiger partial charge in [0, 0.05) is 6.54 Å². The lowest BCUT2D eigenvalue weighted by atomic mass is 10.2. The number of benzene rings is 1. The first-order chi connectivity index (χ1) is 5.68. The molecule has 1 atom stereocenters. The lowest BCUT2D eigenvalue weighted by molar-refractivity contribution is 0.0514. The highest BCUT2D eigenvalue weighted by atomic mass is 19.3. The summed E-state index contributed by atoms with van der Waals surface area (Å²) in [4.78, 5) is 1.14. The first kappa shape index (κ1) is 7.68. The first-order valence-corrected chi connectivity index (χ1v) is 3.85. The third-order valence-electron chi connectivity index (χ3n) is 1.96. The third-order valence-corrected chi connectivity index (χ3v) is 1.96. The highest BCUT2D eigenvalue weighted by Crippen LogP contribution is 2.36. The van der Waals surface area contributed by atoms with Crippen molar-refractivity contribution >= 4 is 0 Å². The van der Waals surface area contributed by atoms with Crippen LogP contribution in [0.4, 0.5) is 8.78 Å². The van der Waals surface area contributed by atoms with Crippen molar-refractivity contribution in [3.05, 3.63) is 35.9 Å². The van der Waals surface area contributed by atoms with Crippen molar-refractivity contribution in [3.8, 4) is 0 Å². The molecule has 12 heavy (non-hydrogen) atoms. The van der Waals surface area contributed by atoms with Crippen LogP contribution >= 0.6 is 0 Å². The lowest BCUT2D eigenvalue weighted by Crippen LogP contribution is -2.05. The molecule has 0 bridgehead atoms. The predicted molar refractivity (Wildman–Crippen MR) is 41.8 cm³/mol. The van der Waals surface area contributed by atoms with Gasteiger partial charge < -0.3 is 0 Å². The monoisotopic (exact) mass is 169 g/mol. The van der Waals surface area contributed by atoms with Crippen molar-refractivity contribution in [1.29, 1.82) is 0 Å². The Morgan fingerprint density at radius 3 is 2.33 bits per heavy atom. The Morgan fingerprint density at radius 2 is 1.83 bits per heavy atom. The topological polar surface area (TPSA) is 3.01 Å². The van der Waals surface area contributed by atoms with Gasteiger partial charge >= 0.3 is 6.05 Å². The number of nitrogens with zero attached hydrogens (tertiary/aromatic N) is 1. The van der Waals surface area contributed by atoms with E-state index in [1.807, 2.05) is 30.3 Å². The summed E-state index contributed by atoms with van der Waals surface area (Å²) in [7, 11) is 0. The number of halogens is 2. The van der Waals surface area contributed by atoms with Gasteiger partial charge in [0.15, 0.2) is 0 Å². The molecule has 1 aromatic rings. The largest absolute Gasteiger partial charge is 0.318 e. The maximum atomic E-state index is 12.4. The van der Waals surface area contributed by atoms with Gasteiger partial charge in [-0.25, -0.2) is 4.90 Å². The molecule has 0 aromatic heterocycles. The van der Waals surface area contributed by atoms with Crippen molar-refractivity contribution in [3.63, 3.8) is 0 Å².